The van der Waals surface area contributed by atoms with E-state index in [0.717, 1.165) is 5.56 Å². The van der Waals surface area contributed by atoms with Crippen LogP contribution in [-0.4, -0.2) is 35.8 Å². The zero-order valence-electron chi connectivity index (χ0n) is 16.4. The molecule has 0 fully saturated rings. The van der Waals surface area contributed by atoms with E-state index in [1.165, 1.54) is 6.08 Å². The highest BCUT2D eigenvalue weighted by Crippen LogP contribution is 2.16. The van der Waals surface area contributed by atoms with Gasteiger partial charge in [-0.15, -0.1) is 0 Å². The van der Waals surface area contributed by atoms with Crippen LogP contribution in [-0.2, 0) is 25.7 Å². The largest absolute Gasteiger partial charge is 0.471 e. The smallest absolute Gasteiger partial charge is 0.458 e. The number of rotatable bonds is 8. The molecule has 1 aromatic rings. The van der Waals surface area contributed by atoms with Gasteiger partial charge in [-0.1, -0.05) is 42.5 Å². The maximum atomic E-state index is 12.5. The monoisotopic (exact) mass is 401 g/mol. The van der Waals surface area contributed by atoms with E-state index in [4.69, 9.17) is 9.47 Å². The molecule has 0 saturated carbocycles. The molecule has 2 atom stereocenters. The van der Waals surface area contributed by atoms with Crippen molar-refractivity contribution in [1.82, 2.24) is 5.32 Å². The molecule has 0 unspecified atom stereocenters. The van der Waals surface area contributed by atoms with Crippen molar-refractivity contribution in [1.29, 1.82) is 0 Å². The number of benzene rings is 1. The fourth-order valence-corrected chi connectivity index (χ4v) is 2.09. The molecular weight excluding hydrogens is 375 g/mol. The van der Waals surface area contributed by atoms with Crippen molar-refractivity contribution >= 4 is 11.9 Å². The Balaban J connectivity index is 2.67. The maximum absolute atomic E-state index is 12.5. The molecule has 156 valence electrons. The van der Waals surface area contributed by atoms with Crippen LogP contribution in [0.5, 0.6) is 0 Å². The second-order valence-corrected chi connectivity index (χ2v) is 7.22. The van der Waals surface area contributed by atoms with E-state index < -0.39 is 29.7 Å². The van der Waals surface area contributed by atoms with Gasteiger partial charge in [-0.2, -0.15) is 13.2 Å². The number of halogens is 3. The van der Waals surface area contributed by atoms with Crippen LogP contribution in [0.1, 0.15) is 39.7 Å². The van der Waals surface area contributed by atoms with Crippen molar-refractivity contribution in [3.8, 4) is 0 Å². The van der Waals surface area contributed by atoms with E-state index in [2.05, 4.69) is 0 Å². The molecule has 0 aliphatic rings. The molecule has 1 rings (SSSR count). The van der Waals surface area contributed by atoms with Crippen molar-refractivity contribution in [2.45, 2.75) is 64.6 Å². The lowest BCUT2D eigenvalue weighted by Crippen LogP contribution is -2.48. The Morgan fingerprint density at radius 3 is 2.29 bits per heavy atom. The number of hydrogen-bond donors (Lipinski definition) is 1. The minimum absolute atomic E-state index is 0.157. The van der Waals surface area contributed by atoms with Crippen LogP contribution >= 0.6 is 0 Å². The molecule has 1 aromatic carbocycles. The SMILES string of the molecule is C[C@@H](/C=C/C[C@H](NC(=O)C(F)(F)F)C(=O)OC(C)(C)C)OCc1ccccc1. The first-order valence-corrected chi connectivity index (χ1v) is 8.81. The molecule has 0 heterocycles. The van der Waals surface area contributed by atoms with Crippen molar-refractivity contribution < 1.29 is 32.2 Å². The third-order valence-electron chi connectivity index (χ3n) is 3.39. The van der Waals surface area contributed by atoms with E-state index in [1.807, 2.05) is 30.3 Å². The van der Waals surface area contributed by atoms with Crippen LogP contribution < -0.4 is 5.32 Å². The lowest BCUT2D eigenvalue weighted by Gasteiger charge is -2.24. The Hall–Kier alpha value is -2.35. The predicted molar refractivity (Wildman–Crippen MR) is 98.3 cm³/mol. The summed E-state index contributed by atoms with van der Waals surface area (Å²) < 4.78 is 48.3. The molecule has 0 bridgehead atoms. The highest BCUT2D eigenvalue weighted by molar-refractivity contribution is 5.87. The number of alkyl halides is 3. The van der Waals surface area contributed by atoms with Gasteiger partial charge in [-0.3, -0.25) is 4.79 Å². The summed E-state index contributed by atoms with van der Waals surface area (Å²) in [6.07, 6.45) is -2.48. The average molecular weight is 401 g/mol. The second-order valence-electron chi connectivity index (χ2n) is 7.22. The quantitative estimate of drug-likeness (QED) is 0.530. The fraction of sp³-hybridized carbons (Fsp3) is 0.500. The van der Waals surface area contributed by atoms with Crippen LogP contribution in [0, 0.1) is 0 Å². The van der Waals surface area contributed by atoms with Gasteiger partial charge >= 0.3 is 18.1 Å². The summed E-state index contributed by atoms with van der Waals surface area (Å²) in [5.41, 5.74) is 0.0838. The number of ether oxygens (including phenoxy) is 2. The van der Waals surface area contributed by atoms with Gasteiger partial charge in [-0.25, -0.2) is 4.79 Å². The molecule has 5 nitrogen and oxygen atoms in total. The van der Waals surface area contributed by atoms with Gasteiger partial charge in [0.1, 0.15) is 11.6 Å². The lowest BCUT2D eigenvalue weighted by molar-refractivity contribution is -0.177. The summed E-state index contributed by atoms with van der Waals surface area (Å²) in [6, 6.07) is 8.01. The molecule has 0 radical (unpaired) electrons. The normalized spacial score (nSPS) is 14.5. The Morgan fingerprint density at radius 2 is 1.75 bits per heavy atom. The van der Waals surface area contributed by atoms with Crippen LogP contribution in [0.3, 0.4) is 0 Å². The first-order chi connectivity index (χ1) is 12.9. The molecule has 1 N–H and O–H groups in total. The molecular formula is C20H26F3NO4. The minimum Gasteiger partial charge on any atom is -0.458 e. The Bertz CT molecular complexity index is 666. The molecule has 8 heteroatoms. The van der Waals surface area contributed by atoms with Crippen molar-refractivity contribution in [2.24, 2.45) is 0 Å². The summed E-state index contributed by atoms with van der Waals surface area (Å²) >= 11 is 0. The van der Waals surface area contributed by atoms with Gasteiger partial charge < -0.3 is 14.8 Å². The van der Waals surface area contributed by atoms with Gasteiger partial charge in [0.15, 0.2) is 0 Å². The summed E-state index contributed by atoms with van der Waals surface area (Å²) in [5, 5.41) is 1.68. The summed E-state index contributed by atoms with van der Waals surface area (Å²) in [6.45, 7) is 6.89. The lowest BCUT2D eigenvalue weighted by atomic mass is 10.1. The second kappa shape index (κ2) is 10.3. The molecule has 0 spiro atoms. The Labute approximate surface area is 162 Å². The third-order valence-corrected chi connectivity index (χ3v) is 3.39. The van der Waals surface area contributed by atoms with E-state index in [0.29, 0.717) is 6.61 Å². The summed E-state index contributed by atoms with van der Waals surface area (Å²) in [5.74, 6) is -3.13. The van der Waals surface area contributed by atoms with Gasteiger partial charge in [-0.05, 0) is 39.7 Å². The van der Waals surface area contributed by atoms with Gasteiger partial charge in [0, 0.05) is 0 Å². The summed E-state index contributed by atoms with van der Waals surface area (Å²) in [4.78, 5) is 23.3. The van der Waals surface area contributed by atoms with Crippen molar-refractivity contribution in [3.63, 3.8) is 0 Å². The van der Waals surface area contributed by atoms with Gasteiger partial charge in [0.25, 0.3) is 0 Å². The minimum atomic E-state index is -5.09. The first kappa shape index (κ1) is 23.7. The molecule has 0 aliphatic heterocycles. The number of nitrogens with one attached hydrogen (secondary N) is 1. The number of hydrogen-bond acceptors (Lipinski definition) is 4. The Morgan fingerprint density at radius 1 is 1.14 bits per heavy atom. The van der Waals surface area contributed by atoms with Crippen LogP contribution in [0.25, 0.3) is 0 Å². The van der Waals surface area contributed by atoms with Gasteiger partial charge in [0.2, 0.25) is 0 Å². The number of esters is 1. The standard InChI is InChI=1S/C20H26F3NO4/c1-14(27-13-15-10-6-5-7-11-15)9-8-12-16(17(25)28-19(2,3)4)24-18(26)20(21,22)23/h5-11,14,16H,12-13H2,1-4H3,(H,24,26)/b9-8+/t14-,16-/m0/s1. The number of carbonyl (C=O) groups excluding carboxylic acids is 2. The zero-order valence-corrected chi connectivity index (χ0v) is 16.4. The zero-order chi connectivity index (χ0) is 21.4. The van der Waals surface area contributed by atoms with E-state index in [1.54, 1.807) is 39.1 Å². The predicted octanol–water partition coefficient (Wildman–Crippen LogP) is 3.93. The van der Waals surface area contributed by atoms with E-state index in [9.17, 15) is 22.8 Å². The molecule has 28 heavy (non-hydrogen) atoms. The molecule has 1 amide bonds. The number of carbonyl (C=O) groups is 2. The van der Waals surface area contributed by atoms with Crippen molar-refractivity contribution in [3.05, 3.63) is 48.0 Å². The molecule has 0 aromatic heterocycles. The number of amides is 1. The third kappa shape index (κ3) is 9.55. The van der Waals surface area contributed by atoms with Crippen LogP contribution in [0.4, 0.5) is 13.2 Å². The highest BCUT2D eigenvalue weighted by atomic mass is 19.4. The average Bonchev–Trinajstić information content (AvgIpc) is 2.57. The van der Waals surface area contributed by atoms with Crippen LogP contribution in [0.15, 0.2) is 42.5 Å². The molecule has 0 aliphatic carbocycles. The topological polar surface area (TPSA) is 64.6 Å². The Kier molecular flexibility index (Phi) is 8.68. The van der Waals surface area contributed by atoms with Gasteiger partial charge in [0.05, 0.1) is 12.7 Å². The van der Waals surface area contributed by atoms with E-state index >= 15 is 0 Å². The first-order valence-electron chi connectivity index (χ1n) is 8.81. The van der Waals surface area contributed by atoms with Crippen LogP contribution in [0.2, 0.25) is 0 Å². The highest BCUT2D eigenvalue weighted by Gasteiger charge is 2.41. The fourth-order valence-electron chi connectivity index (χ4n) is 2.09. The summed E-state index contributed by atoms with van der Waals surface area (Å²) in [7, 11) is 0. The van der Waals surface area contributed by atoms with E-state index in [-0.39, 0.29) is 12.5 Å². The van der Waals surface area contributed by atoms with Crippen molar-refractivity contribution in [2.75, 3.05) is 0 Å². The molecule has 0 saturated heterocycles. The maximum Gasteiger partial charge on any atom is 0.471 e.